The summed E-state index contributed by atoms with van der Waals surface area (Å²) in [6, 6.07) is 12.3. The molecule has 3 rings (SSSR count). The summed E-state index contributed by atoms with van der Waals surface area (Å²) in [5.74, 6) is -1.18. The third kappa shape index (κ3) is 7.13. The highest BCUT2D eigenvalue weighted by Gasteiger charge is 2.27. The zero-order chi connectivity index (χ0) is 21.6. The summed E-state index contributed by atoms with van der Waals surface area (Å²) in [5.41, 5.74) is 0.629. The van der Waals surface area contributed by atoms with Crippen molar-refractivity contribution in [2.24, 2.45) is 5.92 Å². The van der Waals surface area contributed by atoms with Crippen LogP contribution >= 0.6 is 24.0 Å². The molecule has 170 valence electrons. The van der Waals surface area contributed by atoms with Crippen LogP contribution in [0.2, 0.25) is 5.02 Å². The summed E-state index contributed by atoms with van der Waals surface area (Å²) in [6.07, 6.45) is -0.437. The minimum Gasteiger partial charge on any atom is -0.372 e. The van der Waals surface area contributed by atoms with Gasteiger partial charge in [-0.25, -0.2) is 17.5 Å². The molecule has 1 heterocycles. The average Bonchev–Trinajstić information content (AvgIpc) is 2.99. The lowest BCUT2D eigenvalue weighted by molar-refractivity contribution is -0.120. The van der Waals surface area contributed by atoms with Crippen LogP contribution in [0.4, 0.5) is 4.39 Å². The van der Waals surface area contributed by atoms with Crippen LogP contribution in [0, 0.1) is 11.7 Å². The van der Waals surface area contributed by atoms with E-state index in [-0.39, 0.29) is 34.8 Å². The molecular formula is C20H24Cl2FN3O4S. The van der Waals surface area contributed by atoms with E-state index >= 15 is 0 Å². The van der Waals surface area contributed by atoms with Crippen molar-refractivity contribution in [1.29, 1.82) is 0 Å². The maximum Gasteiger partial charge on any atom is 0.241 e. The standard InChI is InChI=1S/C20H23ClFN3O4S.ClH/c21-17-7-6-14(10-18(17)22)20-15(11-23-8-9-29-20)12-24-19(26)13-25-30(27,28)16-4-2-1-3-5-16;/h1-7,10,15,20,23,25H,8-9,11-13H2,(H,24,26);1H/t15-,20-;/m0./s1. The lowest BCUT2D eigenvalue weighted by atomic mass is 9.95. The quantitative estimate of drug-likeness (QED) is 0.551. The Balaban J connectivity index is 0.00000341. The summed E-state index contributed by atoms with van der Waals surface area (Å²) in [4.78, 5) is 12.3. The van der Waals surface area contributed by atoms with Gasteiger partial charge in [0, 0.05) is 25.6 Å². The first-order valence-corrected chi connectivity index (χ1v) is 11.3. The normalized spacial score (nSPS) is 19.2. The average molecular weight is 492 g/mol. The summed E-state index contributed by atoms with van der Waals surface area (Å²) >= 11 is 5.77. The SMILES string of the molecule is Cl.O=C(CNS(=O)(=O)c1ccccc1)NC[C@@H]1CNCCO[C@H]1c1ccc(Cl)c(F)c1. The molecule has 1 aliphatic heterocycles. The Kier molecular flexibility index (Phi) is 9.67. The van der Waals surface area contributed by atoms with E-state index in [9.17, 15) is 17.6 Å². The van der Waals surface area contributed by atoms with Crippen molar-refractivity contribution in [3.8, 4) is 0 Å². The Bertz CT molecular complexity index is 980. The van der Waals surface area contributed by atoms with Gasteiger partial charge in [-0.05, 0) is 29.8 Å². The molecule has 0 spiro atoms. The van der Waals surface area contributed by atoms with Crippen LogP contribution in [0.1, 0.15) is 11.7 Å². The predicted molar refractivity (Wildman–Crippen MR) is 118 cm³/mol. The molecule has 1 amide bonds. The molecule has 1 saturated heterocycles. The van der Waals surface area contributed by atoms with Gasteiger partial charge in [-0.15, -0.1) is 12.4 Å². The summed E-state index contributed by atoms with van der Waals surface area (Å²) in [5, 5.41) is 5.97. The van der Waals surface area contributed by atoms with Crippen molar-refractivity contribution < 1.29 is 22.3 Å². The number of carbonyl (C=O) groups is 1. The summed E-state index contributed by atoms with van der Waals surface area (Å²) < 4.78 is 46.5. The lowest BCUT2D eigenvalue weighted by Gasteiger charge is -2.25. The first-order valence-electron chi connectivity index (χ1n) is 9.45. The van der Waals surface area contributed by atoms with Gasteiger partial charge in [0.1, 0.15) is 5.82 Å². The van der Waals surface area contributed by atoms with Crippen LogP contribution < -0.4 is 15.4 Å². The monoisotopic (exact) mass is 491 g/mol. The van der Waals surface area contributed by atoms with Gasteiger partial charge in [0.2, 0.25) is 15.9 Å². The topological polar surface area (TPSA) is 96.5 Å². The molecule has 0 unspecified atom stereocenters. The molecular weight excluding hydrogens is 468 g/mol. The van der Waals surface area contributed by atoms with Crippen molar-refractivity contribution in [2.45, 2.75) is 11.0 Å². The first kappa shape index (κ1) is 25.5. The van der Waals surface area contributed by atoms with Gasteiger partial charge < -0.3 is 15.4 Å². The third-order valence-electron chi connectivity index (χ3n) is 4.72. The van der Waals surface area contributed by atoms with Gasteiger partial charge in [-0.3, -0.25) is 4.79 Å². The number of rotatable bonds is 7. The van der Waals surface area contributed by atoms with Gasteiger partial charge in [-0.1, -0.05) is 35.9 Å². The van der Waals surface area contributed by atoms with E-state index in [2.05, 4.69) is 15.4 Å². The molecule has 3 N–H and O–H groups in total. The Hall–Kier alpha value is -1.75. The van der Waals surface area contributed by atoms with Crippen LogP contribution in [-0.4, -0.2) is 47.1 Å². The first-order chi connectivity index (χ1) is 14.4. The smallest absolute Gasteiger partial charge is 0.241 e. The molecule has 0 aliphatic carbocycles. The zero-order valence-electron chi connectivity index (χ0n) is 16.5. The largest absolute Gasteiger partial charge is 0.372 e. The van der Waals surface area contributed by atoms with Crippen LogP contribution in [0.3, 0.4) is 0 Å². The number of benzene rings is 2. The fraction of sp³-hybridized carbons (Fsp3) is 0.350. The van der Waals surface area contributed by atoms with Crippen molar-refractivity contribution in [2.75, 3.05) is 32.8 Å². The minimum absolute atomic E-state index is 0. The van der Waals surface area contributed by atoms with Gasteiger partial charge in [0.25, 0.3) is 0 Å². The van der Waals surface area contributed by atoms with E-state index in [0.717, 1.165) is 0 Å². The molecule has 31 heavy (non-hydrogen) atoms. The molecule has 0 aromatic heterocycles. The predicted octanol–water partition coefficient (Wildman–Crippen LogP) is 2.27. The van der Waals surface area contributed by atoms with Gasteiger partial charge in [0.05, 0.1) is 29.2 Å². The molecule has 2 aromatic carbocycles. The third-order valence-corrected chi connectivity index (χ3v) is 6.44. The minimum atomic E-state index is -3.77. The molecule has 1 aliphatic rings. The van der Waals surface area contributed by atoms with E-state index in [0.29, 0.717) is 25.3 Å². The number of ether oxygens (including phenoxy) is 1. The van der Waals surface area contributed by atoms with E-state index in [1.54, 1.807) is 24.3 Å². The van der Waals surface area contributed by atoms with E-state index in [1.807, 2.05) is 0 Å². The van der Waals surface area contributed by atoms with Crippen molar-refractivity contribution in [3.63, 3.8) is 0 Å². The van der Waals surface area contributed by atoms with Crippen molar-refractivity contribution in [1.82, 2.24) is 15.4 Å². The number of hydrogen-bond acceptors (Lipinski definition) is 5. The lowest BCUT2D eigenvalue weighted by Crippen LogP contribution is -2.41. The highest BCUT2D eigenvalue weighted by Crippen LogP contribution is 2.29. The Labute approximate surface area is 192 Å². The van der Waals surface area contributed by atoms with Crippen LogP contribution in [0.25, 0.3) is 0 Å². The molecule has 2 atom stereocenters. The molecule has 2 aromatic rings. The fourth-order valence-electron chi connectivity index (χ4n) is 3.18. The van der Waals surface area contributed by atoms with Crippen LogP contribution in [0.5, 0.6) is 0 Å². The molecule has 0 bridgehead atoms. The molecule has 1 fully saturated rings. The van der Waals surface area contributed by atoms with Gasteiger partial charge in [0.15, 0.2) is 0 Å². The van der Waals surface area contributed by atoms with Gasteiger partial charge >= 0.3 is 0 Å². The summed E-state index contributed by atoms with van der Waals surface area (Å²) in [6.45, 7) is 1.46. The second-order valence-electron chi connectivity index (χ2n) is 6.87. The second kappa shape index (κ2) is 11.8. The number of hydrogen-bond donors (Lipinski definition) is 3. The van der Waals surface area contributed by atoms with Crippen LogP contribution in [0.15, 0.2) is 53.4 Å². The molecule has 0 radical (unpaired) electrons. The number of sulfonamides is 1. The Morgan fingerprint density at radius 3 is 2.68 bits per heavy atom. The molecule has 11 heteroatoms. The van der Waals surface area contributed by atoms with Crippen molar-refractivity contribution in [3.05, 3.63) is 64.9 Å². The highest BCUT2D eigenvalue weighted by molar-refractivity contribution is 7.89. The number of amides is 1. The van der Waals surface area contributed by atoms with E-state index in [4.69, 9.17) is 16.3 Å². The maximum atomic E-state index is 13.9. The van der Waals surface area contributed by atoms with E-state index < -0.39 is 34.4 Å². The van der Waals surface area contributed by atoms with Crippen molar-refractivity contribution >= 4 is 39.9 Å². The Morgan fingerprint density at radius 1 is 1.23 bits per heavy atom. The number of carbonyl (C=O) groups excluding carboxylic acids is 1. The second-order valence-corrected chi connectivity index (χ2v) is 9.04. The van der Waals surface area contributed by atoms with Crippen LogP contribution in [-0.2, 0) is 19.6 Å². The van der Waals surface area contributed by atoms with Gasteiger partial charge in [-0.2, -0.15) is 0 Å². The van der Waals surface area contributed by atoms with E-state index in [1.165, 1.54) is 24.3 Å². The maximum absolute atomic E-state index is 13.9. The number of nitrogens with one attached hydrogen (secondary N) is 3. The zero-order valence-corrected chi connectivity index (χ0v) is 18.9. The number of halogens is 3. The highest BCUT2D eigenvalue weighted by atomic mass is 35.5. The molecule has 0 saturated carbocycles. The summed E-state index contributed by atoms with van der Waals surface area (Å²) in [7, 11) is -3.77. The molecule has 7 nitrogen and oxygen atoms in total. The fourth-order valence-corrected chi connectivity index (χ4v) is 4.30. The Morgan fingerprint density at radius 2 is 1.97 bits per heavy atom.